The van der Waals surface area contributed by atoms with Crippen LogP contribution in [0.5, 0.6) is 0 Å². The molecular weight excluding hydrogens is 235 g/mol. The molecule has 4 N–H and O–H groups in total. The second-order valence-corrected chi connectivity index (χ2v) is 4.53. The van der Waals surface area contributed by atoms with E-state index in [1.165, 1.54) is 6.20 Å². The van der Waals surface area contributed by atoms with Crippen molar-refractivity contribution in [3.8, 4) is 0 Å². The fourth-order valence-electron chi connectivity index (χ4n) is 2.48. The number of nitrogens with two attached hydrogens (primary N) is 2. The average Bonchev–Trinajstić information content (AvgIpc) is 2.38. The van der Waals surface area contributed by atoms with Crippen LogP contribution in [-0.2, 0) is 4.79 Å². The summed E-state index contributed by atoms with van der Waals surface area (Å²) in [7, 11) is 0. The lowest BCUT2D eigenvalue weighted by Crippen LogP contribution is -2.59. The van der Waals surface area contributed by atoms with E-state index < -0.39 is 24.5 Å². The number of pyridine rings is 1. The number of aromatic nitrogens is 1. The lowest BCUT2D eigenvalue weighted by Gasteiger charge is -2.42. The summed E-state index contributed by atoms with van der Waals surface area (Å²) in [4.78, 5) is 17.1. The molecule has 1 aromatic rings. The molecule has 1 aromatic heterocycles. The SMILES string of the molecule is NC(=O)C1C(CF)CC(N)CN1c1[c]cncc1. The third kappa shape index (κ3) is 2.43. The number of amides is 1. The van der Waals surface area contributed by atoms with Crippen molar-refractivity contribution >= 4 is 11.6 Å². The van der Waals surface area contributed by atoms with Crippen LogP contribution < -0.4 is 16.4 Å². The van der Waals surface area contributed by atoms with Crippen LogP contribution in [0, 0.1) is 12.0 Å². The number of nitrogens with zero attached hydrogens (tertiary/aromatic N) is 2. The van der Waals surface area contributed by atoms with Gasteiger partial charge in [-0.1, -0.05) is 0 Å². The summed E-state index contributed by atoms with van der Waals surface area (Å²) in [5.41, 5.74) is 12.0. The molecule has 3 unspecified atom stereocenters. The van der Waals surface area contributed by atoms with Crippen LogP contribution in [0.2, 0.25) is 0 Å². The Morgan fingerprint density at radius 1 is 1.67 bits per heavy atom. The lowest BCUT2D eigenvalue weighted by atomic mass is 9.87. The number of rotatable bonds is 3. The zero-order valence-electron chi connectivity index (χ0n) is 9.92. The predicted molar refractivity (Wildman–Crippen MR) is 65.5 cm³/mol. The Labute approximate surface area is 105 Å². The first-order valence-corrected chi connectivity index (χ1v) is 5.82. The van der Waals surface area contributed by atoms with Crippen molar-refractivity contribution in [2.24, 2.45) is 17.4 Å². The number of alkyl halides is 1. The molecule has 1 saturated heterocycles. The van der Waals surface area contributed by atoms with Crippen LogP contribution in [0.25, 0.3) is 0 Å². The number of primary amides is 1. The van der Waals surface area contributed by atoms with Gasteiger partial charge in [-0.3, -0.25) is 14.2 Å². The zero-order valence-corrected chi connectivity index (χ0v) is 9.92. The summed E-state index contributed by atoms with van der Waals surface area (Å²) in [6, 6.07) is 3.78. The molecule has 0 bridgehead atoms. The van der Waals surface area contributed by atoms with Gasteiger partial charge in [0.05, 0.1) is 6.67 Å². The van der Waals surface area contributed by atoms with Gasteiger partial charge in [-0.2, -0.15) is 0 Å². The number of anilines is 1. The fraction of sp³-hybridized carbons (Fsp3) is 0.500. The smallest absolute Gasteiger partial charge is 0.240 e. The van der Waals surface area contributed by atoms with E-state index >= 15 is 0 Å². The molecule has 3 atom stereocenters. The Morgan fingerprint density at radius 3 is 3.00 bits per heavy atom. The van der Waals surface area contributed by atoms with E-state index in [9.17, 15) is 9.18 Å². The molecule has 1 amide bonds. The number of halogens is 1. The molecule has 0 saturated carbocycles. The molecule has 1 radical (unpaired) electrons. The van der Waals surface area contributed by atoms with E-state index in [0.717, 1.165) is 0 Å². The Morgan fingerprint density at radius 2 is 2.44 bits per heavy atom. The van der Waals surface area contributed by atoms with Crippen LogP contribution in [0.15, 0.2) is 18.5 Å². The molecular formula is C12H16FN4O. The van der Waals surface area contributed by atoms with Gasteiger partial charge in [-0.05, 0) is 12.5 Å². The van der Waals surface area contributed by atoms with Gasteiger partial charge in [-0.25, -0.2) is 0 Å². The minimum absolute atomic E-state index is 0.178. The monoisotopic (exact) mass is 251 g/mol. The Bertz CT molecular complexity index is 414. The lowest BCUT2D eigenvalue weighted by molar-refractivity contribution is -0.121. The van der Waals surface area contributed by atoms with E-state index in [1.54, 1.807) is 17.2 Å². The van der Waals surface area contributed by atoms with Gasteiger partial charge in [0.15, 0.2) is 0 Å². The Kier molecular flexibility index (Phi) is 3.76. The summed E-state index contributed by atoms with van der Waals surface area (Å²) in [6.07, 6.45) is 3.55. The number of carbonyl (C=O) groups excluding carboxylic acids is 1. The molecule has 18 heavy (non-hydrogen) atoms. The molecule has 2 heterocycles. The topological polar surface area (TPSA) is 85.2 Å². The van der Waals surface area contributed by atoms with Crippen molar-refractivity contribution in [3.05, 3.63) is 24.5 Å². The number of hydrogen-bond acceptors (Lipinski definition) is 4. The molecule has 1 aliphatic heterocycles. The Hall–Kier alpha value is -1.69. The van der Waals surface area contributed by atoms with Crippen LogP contribution in [0.1, 0.15) is 6.42 Å². The summed E-state index contributed by atoms with van der Waals surface area (Å²) in [5.74, 6) is -0.998. The van der Waals surface area contributed by atoms with Crippen molar-refractivity contribution in [2.45, 2.75) is 18.5 Å². The second-order valence-electron chi connectivity index (χ2n) is 4.53. The summed E-state index contributed by atoms with van der Waals surface area (Å²) >= 11 is 0. The maximum atomic E-state index is 13.0. The van der Waals surface area contributed by atoms with Gasteiger partial charge in [0, 0.05) is 42.7 Å². The predicted octanol–water partition coefficient (Wildman–Crippen LogP) is -0.141. The van der Waals surface area contributed by atoms with Gasteiger partial charge >= 0.3 is 0 Å². The van der Waals surface area contributed by atoms with Crippen molar-refractivity contribution in [2.75, 3.05) is 18.1 Å². The first kappa shape index (κ1) is 12.8. The highest BCUT2D eigenvalue weighted by Gasteiger charge is 2.38. The van der Waals surface area contributed by atoms with Crippen LogP contribution in [0.4, 0.5) is 10.1 Å². The standard InChI is InChI=1S/C12H16FN4O/c13-6-8-5-9(14)7-17(11(8)12(15)18)10-1-3-16-4-2-10/h1,3-4,8-9,11H,5-7,14H2,(H2,15,18). The molecule has 6 heteroatoms. The van der Waals surface area contributed by atoms with Gasteiger partial charge in [0.25, 0.3) is 0 Å². The second kappa shape index (κ2) is 5.30. The first-order valence-electron chi connectivity index (χ1n) is 5.82. The van der Waals surface area contributed by atoms with E-state index in [1.807, 2.05) is 0 Å². The third-order valence-corrected chi connectivity index (χ3v) is 3.22. The minimum atomic E-state index is -0.673. The van der Waals surface area contributed by atoms with Gasteiger partial charge < -0.3 is 16.4 Å². The van der Waals surface area contributed by atoms with Crippen molar-refractivity contribution in [3.63, 3.8) is 0 Å². The largest absolute Gasteiger partial charge is 0.368 e. The molecule has 0 spiro atoms. The number of hydrogen-bond donors (Lipinski definition) is 2. The van der Waals surface area contributed by atoms with Crippen molar-refractivity contribution in [1.29, 1.82) is 0 Å². The van der Waals surface area contributed by atoms with Gasteiger partial charge in [0.2, 0.25) is 5.91 Å². The quantitative estimate of drug-likeness (QED) is 0.783. The van der Waals surface area contributed by atoms with E-state index in [-0.39, 0.29) is 6.04 Å². The molecule has 97 valence electrons. The molecule has 2 rings (SSSR count). The molecule has 1 fully saturated rings. The van der Waals surface area contributed by atoms with E-state index in [0.29, 0.717) is 18.7 Å². The highest BCUT2D eigenvalue weighted by atomic mass is 19.1. The van der Waals surface area contributed by atoms with Gasteiger partial charge in [-0.15, -0.1) is 0 Å². The zero-order chi connectivity index (χ0) is 13.1. The summed E-state index contributed by atoms with van der Waals surface area (Å²) in [6.45, 7) is -0.145. The average molecular weight is 251 g/mol. The maximum absolute atomic E-state index is 13.0. The molecule has 0 aliphatic carbocycles. The Balaban J connectivity index is 2.32. The van der Waals surface area contributed by atoms with Crippen molar-refractivity contribution < 1.29 is 9.18 Å². The third-order valence-electron chi connectivity index (χ3n) is 3.22. The van der Waals surface area contributed by atoms with Crippen LogP contribution >= 0.6 is 0 Å². The number of piperidine rings is 1. The molecule has 1 aliphatic rings. The van der Waals surface area contributed by atoms with Crippen LogP contribution in [0.3, 0.4) is 0 Å². The number of carbonyl (C=O) groups is 1. The highest BCUT2D eigenvalue weighted by molar-refractivity contribution is 5.84. The van der Waals surface area contributed by atoms with Crippen molar-refractivity contribution in [1.82, 2.24) is 4.98 Å². The maximum Gasteiger partial charge on any atom is 0.240 e. The first-order chi connectivity index (χ1) is 8.63. The fourth-order valence-corrected chi connectivity index (χ4v) is 2.48. The highest BCUT2D eigenvalue weighted by Crippen LogP contribution is 2.28. The molecule has 0 aromatic carbocycles. The van der Waals surface area contributed by atoms with E-state index in [4.69, 9.17) is 11.5 Å². The summed E-state index contributed by atoms with van der Waals surface area (Å²) in [5, 5.41) is 0. The van der Waals surface area contributed by atoms with Gasteiger partial charge in [0.1, 0.15) is 6.04 Å². The minimum Gasteiger partial charge on any atom is -0.368 e. The normalized spacial score (nSPS) is 28.1. The molecule has 5 nitrogen and oxygen atoms in total. The van der Waals surface area contributed by atoms with E-state index in [2.05, 4.69) is 11.1 Å². The van der Waals surface area contributed by atoms with Crippen LogP contribution in [-0.4, -0.2) is 36.2 Å². The summed E-state index contributed by atoms with van der Waals surface area (Å²) < 4.78 is 13.0.